The molecule has 0 saturated heterocycles. The van der Waals surface area contributed by atoms with Gasteiger partial charge in [-0.05, 0) is 60.0 Å². The smallest absolute Gasteiger partial charge is 0.231 e. The summed E-state index contributed by atoms with van der Waals surface area (Å²) in [5.41, 5.74) is 3.25. The van der Waals surface area contributed by atoms with Crippen LogP contribution in [0.25, 0.3) is 10.8 Å². The van der Waals surface area contributed by atoms with Gasteiger partial charge in [0.05, 0.1) is 13.0 Å². The second kappa shape index (κ2) is 8.78. The van der Waals surface area contributed by atoms with Crippen LogP contribution in [0.15, 0.2) is 54.6 Å². The normalized spacial score (nSPS) is 11.7. The van der Waals surface area contributed by atoms with Crippen molar-refractivity contribution in [2.45, 2.75) is 33.1 Å². The van der Waals surface area contributed by atoms with E-state index in [2.05, 4.69) is 10.6 Å². The van der Waals surface area contributed by atoms with Gasteiger partial charge in [-0.1, -0.05) is 37.3 Å². The van der Waals surface area contributed by atoms with E-state index >= 15 is 0 Å². The van der Waals surface area contributed by atoms with Crippen LogP contribution >= 0.6 is 0 Å². The van der Waals surface area contributed by atoms with Crippen molar-refractivity contribution in [2.24, 2.45) is 0 Å². The van der Waals surface area contributed by atoms with Crippen molar-refractivity contribution in [3.8, 4) is 5.75 Å². The van der Waals surface area contributed by atoms with Gasteiger partial charge in [0.25, 0.3) is 0 Å². The van der Waals surface area contributed by atoms with Crippen molar-refractivity contribution in [3.63, 3.8) is 0 Å². The molecule has 3 rings (SSSR count). The van der Waals surface area contributed by atoms with Crippen LogP contribution in [-0.2, 0) is 9.59 Å². The Hall–Kier alpha value is -3.34. The molecule has 29 heavy (non-hydrogen) atoms. The van der Waals surface area contributed by atoms with E-state index in [1.54, 1.807) is 20.1 Å². The van der Waals surface area contributed by atoms with Gasteiger partial charge in [0.1, 0.15) is 5.75 Å². The maximum absolute atomic E-state index is 12.8. The molecule has 3 aromatic carbocycles. The molecule has 2 amide bonds. The van der Waals surface area contributed by atoms with E-state index < -0.39 is 0 Å². The average Bonchev–Trinajstić information content (AvgIpc) is 2.74. The predicted molar refractivity (Wildman–Crippen MR) is 118 cm³/mol. The number of carbonyl (C=O) groups is 2. The number of benzene rings is 3. The largest absolute Gasteiger partial charge is 0.497 e. The first kappa shape index (κ1) is 20.4. The summed E-state index contributed by atoms with van der Waals surface area (Å²) in [7, 11) is 1.64. The van der Waals surface area contributed by atoms with Gasteiger partial charge >= 0.3 is 0 Å². The van der Waals surface area contributed by atoms with Crippen LogP contribution in [0.4, 0.5) is 11.4 Å². The van der Waals surface area contributed by atoms with E-state index in [-0.39, 0.29) is 17.7 Å². The molecule has 5 nitrogen and oxygen atoms in total. The third-order valence-electron chi connectivity index (χ3n) is 5.07. The van der Waals surface area contributed by atoms with E-state index in [0.29, 0.717) is 17.8 Å². The Kier molecular flexibility index (Phi) is 6.17. The van der Waals surface area contributed by atoms with E-state index in [1.807, 2.05) is 62.4 Å². The molecule has 5 heteroatoms. The Morgan fingerprint density at radius 2 is 1.69 bits per heavy atom. The van der Waals surface area contributed by atoms with Crippen molar-refractivity contribution in [1.82, 2.24) is 0 Å². The zero-order chi connectivity index (χ0) is 21.0. The first-order valence-corrected chi connectivity index (χ1v) is 9.70. The fourth-order valence-corrected chi connectivity index (χ4v) is 3.11. The van der Waals surface area contributed by atoms with Gasteiger partial charge < -0.3 is 15.4 Å². The van der Waals surface area contributed by atoms with Crippen LogP contribution in [-0.4, -0.2) is 18.9 Å². The molecule has 0 fully saturated rings. The predicted octanol–water partition coefficient (Wildman–Crippen LogP) is 5.25. The number of methoxy groups -OCH3 is 1. The number of amides is 2. The number of hydrogen-bond donors (Lipinski definition) is 2. The molecule has 0 spiro atoms. The minimum absolute atomic E-state index is 0.0576. The Morgan fingerprint density at radius 1 is 0.966 bits per heavy atom. The van der Waals surface area contributed by atoms with Crippen molar-refractivity contribution >= 4 is 34.0 Å². The van der Waals surface area contributed by atoms with Crippen LogP contribution in [0.1, 0.15) is 37.3 Å². The van der Waals surface area contributed by atoms with Crippen molar-refractivity contribution in [2.75, 3.05) is 17.7 Å². The SMILES string of the molecule is CCC(=O)Nc1cc(NC(=O)[C@@H](C)c2ccc3cc(OC)ccc3c2)ccc1C. The molecular formula is C24H26N2O3. The second-order valence-electron chi connectivity index (χ2n) is 7.11. The lowest BCUT2D eigenvalue weighted by molar-refractivity contribution is -0.117. The minimum Gasteiger partial charge on any atom is -0.497 e. The highest BCUT2D eigenvalue weighted by molar-refractivity contribution is 5.98. The summed E-state index contributed by atoms with van der Waals surface area (Å²) in [6.07, 6.45) is 0.404. The van der Waals surface area contributed by atoms with Crippen molar-refractivity contribution < 1.29 is 14.3 Å². The molecule has 0 aromatic heterocycles. The third-order valence-corrected chi connectivity index (χ3v) is 5.07. The molecule has 150 valence electrons. The van der Waals surface area contributed by atoms with E-state index in [0.717, 1.165) is 27.6 Å². The zero-order valence-corrected chi connectivity index (χ0v) is 17.2. The van der Waals surface area contributed by atoms with Crippen LogP contribution in [0.2, 0.25) is 0 Å². The average molecular weight is 390 g/mol. The maximum atomic E-state index is 12.8. The Balaban J connectivity index is 1.77. The highest BCUT2D eigenvalue weighted by Crippen LogP contribution is 2.27. The number of nitrogens with one attached hydrogen (secondary N) is 2. The van der Waals surface area contributed by atoms with Gasteiger partial charge in [-0.2, -0.15) is 0 Å². The summed E-state index contributed by atoms with van der Waals surface area (Å²) in [5, 5.41) is 7.94. The molecule has 0 bridgehead atoms. The highest BCUT2D eigenvalue weighted by Gasteiger charge is 2.16. The van der Waals surface area contributed by atoms with Gasteiger partial charge in [-0.15, -0.1) is 0 Å². The summed E-state index contributed by atoms with van der Waals surface area (Å²) in [4.78, 5) is 24.5. The summed E-state index contributed by atoms with van der Waals surface area (Å²) in [6, 6.07) is 17.4. The van der Waals surface area contributed by atoms with Crippen LogP contribution in [0.5, 0.6) is 5.75 Å². The van der Waals surface area contributed by atoms with Crippen molar-refractivity contribution in [3.05, 3.63) is 65.7 Å². The number of hydrogen-bond acceptors (Lipinski definition) is 3. The number of anilines is 2. The third kappa shape index (κ3) is 4.74. The van der Waals surface area contributed by atoms with Gasteiger partial charge in [-0.3, -0.25) is 9.59 Å². The number of ether oxygens (including phenoxy) is 1. The number of fused-ring (bicyclic) bond motifs is 1. The van der Waals surface area contributed by atoms with Crippen LogP contribution in [0.3, 0.4) is 0 Å². The van der Waals surface area contributed by atoms with Gasteiger partial charge in [0.15, 0.2) is 0 Å². The van der Waals surface area contributed by atoms with Crippen LogP contribution in [0, 0.1) is 6.92 Å². The number of carbonyl (C=O) groups excluding carboxylic acids is 2. The molecule has 2 N–H and O–H groups in total. The molecule has 0 heterocycles. The Bertz CT molecular complexity index is 1060. The first-order valence-electron chi connectivity index (χ1n) is 9.70. The monoisotopic (exact) mass is 390 g/mol. The topological polar surface area (TPSA) is 67.4 Å². The Labute approximate surface area is 171 Å². The Morgan fingerprint density at radius 3 is 2.41 bits per heavy atom. The van der Waals surface area contributed by atoms with Gasteiger partial charge in [0, 0.05) is 17.8 Å². The molecule has 0 saturated carbocycles. The second-order valence-corrected chi connectivity index (χ2v) is 7.11. The number of rotatable bonds is 6. The van der Waals surface area contributed by atoms with E-state index in [9.17, 15) is 9.59 Å². The fourth-order valence-electron chi connectivity index (χ4n) is 3.11. The number of aryl methyl sites for hydroxylation is 1. The lowest BCUT2D eigenvalue weighted by atomic mass is 9.97. The molecule has 0 aliphatic rings. The summed E-state index contributed by atoms with van der Waals surface area (Å²) in [5.74, 6) is 0.324. The minimum atomic E-state index is -0.323. The van der Waals surface area contributed by atoms with Crippen molar-refractivity contribution in [1.29, 1.82) is 0 Å². The zero-order valence-electron chi connectivity index (χ0n) is 17.2. The highest BCUT2D eigenvalue weighted by atomic mass is 16.5. The summed E-state index contributed by atoms with van der Waals surface area (Å²) < 4.78 is 5.26. The molecule has 0 aliphatic carbocycles. The van der Waals surface area contributed by atoms with E-state index in [4.69, 9.17) is 4.74 Å². The molecule has 1 atom stereocenters. The first-order chi connectivity index (χ1) is 13.9. The lowest BCUT2D eigenvalue weighted by Gasteiger charge is -2.15. The quantitative estimate of drug-likeness (QED) is 0.604. The van der Waals surface area contributed by atoms with Gasteiger partial charge in [-0.25, -0.2) is 0 Å². The fraction of sp³-hybridized carbons (Fsp3) is 0.250. The standard InChI is InChI=1S/C24H26N2O3/c1-5-23(27)26-22-14-20(10-6-15(22)2)25-24(28)16(3)17-7-8-19-13-21(29-4)11-9-18(19)12-17/h6-14,16H,5H2,1-4H3,(H,25,28)(H,26,27)/t16-/m0/s1. The maximum Gasteiger partial charge on any atom is 0.231 e. The summed E-state index contributed by atoms with van der Waals surface area (Å²) >= 11 is 0. The molecule has 0 radical (unpaired) electrons. The molecular weight excluding hydrogens is 364 g/mol. The van der Waals surface area contributed by atoms with Crippen LogP contribution < -0.4 is 15.4 Å². The molecule has 3 aromatic rings. The van der Waals surface area contributed by atoms with E-state index in [1.165, 1.54) is 0 Å². The molecule has 0 unspecified atom stereocenters. The lowest BCUT2D eigenvalue weighted by Crippen LogP contribution is -2.19. The summed E-state index contributed by atoms with van der Waals surface area (Å²) in [6.45, 7) is 5.61. The molecule has 0 aliphatic heterocycles. The van der Waals surface area contributed by atoms with Gasteiger partial charge in [0.2, 0.25) is 11.8 Å².